The number of carbonyl (C=O) groups is 1. The number of hydrogen-bond donors (Lipinski definition) is 1. The van der Waals surface area contributed by atoms with Crippen LogP contribution >= 0.6 is 35.0 Å². The molecule has 1 N–H and O–H groups in total. The summed E-state index contributed by atoms with van der Waals surface area (Å²) < 4.78 is 5.57. The Labute approximate surface area is 195 Å². The fraction of sp³-hybridized carbons (Fsp3) is 0.217. The first-order valence-corrected chi connectivity index (χ1v) is 11.2. The zero-order valence-corrected chi connectivity index (χ0v) is 19.4. The van der Waals surface area contributed by atoms with E-state index in [4.69, 9.17) is 32.9 Å². The summed E-state index contributed by atoms with van der Waals surface area (Å²) in [6.45, 7) is 3.88. The van der Waals surface area contributed by atoms with Crippen LogP contribution < -0.4 is 4.74 Å². The van der Waals surface area contributed by atoms with E-state index in [1.807, 2.05) is 49.2 Å². The molecule has 0 saturated heterocycles. The van der Waals surface area contributed by atoms with Gasteiger partial charge in [-0.15, -0.1) is 0 Å². The van der Waals surface area contributed by atoms with Crippen molar-refractivity contribution in [3.05, 3.63) is 81.1 Å². The number of ether oxygens (including phenoxy) is 1. The van der Waals surface area contributed by atoms with Crippen molar-refractivity contribution in [1.29, 1.82) is 0 Å². The van der Waals surface area contributed by atoms with Gasteiger partial charge in [0.25, 0.3) is 0 Å². The van der Waals surface area contributed by atoms with Gasteiger partial charge in [-0.1, -0.05) is 61.3 Å². The third-order valence-corrected chi connectivity index (χ3v) is 6.79. The molecule has 0 saturated carbocycles. The fourth-order valence-electron chi connectivity index (χ4n) is 3.78. The molecule has 1 unspecified atom stereocenters. The van der Waals surface area contributed by atoms with Crippen molar-refractivity contribution >= 4 is 51.0 Å². The monoisotopic (exact) mass is 474 g/mol. The maximum absolute atomic E-state index is 12.4. The highest BCUT2D eigenvalue weighted by molar-refractivity contribution is 8.22. The summed E-state index contributed by atoms with van der Waals surface area (Å²) in [6.07, 6.45) is 1.87. The Hall–Kier alpha value is -2.41. The Morgan fingerprint density at radius 2 is 1.84 bits per heavy atom. The van der Waals surface area contributed by atoms with E-state index >= 15 is 0 Å². The summed E-state index contributed by atoms with van der Waals surface area (Å²) >= 11 is 14.3. The standard InChI is InChI=1S/C23H20Cl2N2O3S/c1-12(2)20-19(22(28)29)21(13-7-4-5-10-16(13)30-3)27-11-17(31-23(27)26-20)18-14(24)8-6-9-15(18)25/h4-12,21H,1-3H3,(H,28,29). The quantitative estimate of drug-likeness (QED) is 0.538. The zero-order chi connectivity index (χ0) is 22.3. The van der Waals surface area contributed by atoms with E-state index in [1.165, 1.54) is 11.8 Å². The number of carboxylic acid groups (broad SMARTS) is 1. The van der Waals surface area contributed by atoms with Crippen molar-refractivity contribution in [3.63, 3.8) is 0 Å². The van der Waals surface area contributed by atoms with E-state index in [1.54, 1.807) is 25.3 Å². The lowest BCUT2D eigenvalue weighted by Gasteiger charge is -2.34. The molecular formula is C23H20Cl2N2O3S. The number of aliphatic carboxylic acids is 1. The number of carboxylic acids is 1. The molecule has 5 nitrogen and oxygen atoms in total. The lowest BCUT2D eigenvalue weighted by atomic mass is 9.90. The van der Waals surface area contributed by atoms with Crippen LogP contribution in [0.3, 0.4) is 0 Å². The molecule has 31 heavy (non-hydrogen) atoms. The first-order valence-electron chi connectivity index (χ1n) is 9.64. The highest BCUT2D eigenvalue weighted by Crippen LogP contribution is 2.50. The van der Waals surface area contributed by atoms with Gasteiger partial charge in [0, 0.05) is 22.2 Å². The van der Waals surface area contributed by atoms with Gasteiger partial charge >= 0.3 is 5.97 Å². The molecule has 2 aliphatic heterocycles. The lowest BCUT2D eigenvalue weighted by molar-refractivity contribution is -0.133. The summed E-state index contributed by atoms with van der Waals surface area (Å²) in [7, 11) is 1.58. The molecule has 0 aromatic heterocycles. The summed E-state index contributed by atoms with van der Waals surface area (Å²) in [5.41, 5.74) is 2.22. The number of fused-ring (bicyclic) bond motifs is 1. The molecule has 160 valence electrons. The summed E-state index contributed by atoms with van der Waals surface area (Å²) in [6, 6.07) is 12.2. The number of benzene rings is 2. The summed E-state index contributed by atoms with van der Waals surface area (Å²) in [5.74, 6) is -0.477. The highest BCUT2D eigenvalue weighted by Gasteiger charge is 2.41. The third-order valence-electron chi connectivity index (χ3n) is 5.14. The number of para-hydroxylation sites is 1. The van der Waals surface area contributed by atoms with Gasteiger partial charge in [0.15, 0.2) is 5.17 Å². The number of rotatable bonds is 5. The molecule has 2 aliphatic rings. The molecular weight excluding hydrogens is 455 g/mol. The molecule has 2 aromatic carbocycles. The van der Waals surface area contributed by atoms with Crippen LogP contribution in [0.2, 0.25) is 10.0 Å². The van der Waals surface area contributed by atoms with Crippen LogP contribution in [0.15, 0.2) is 64.9 Å². The van der Waals surface area contributed by atoms with Gasteiger partial charge < -0.3 is 14.7 Å². The van der Waals surface area contributed by atoms with Gasteiger partial charge in [-0.25, -0.2) is 9.79 Å². The maximum atomic E-state index is 12.4. The van der Waals surface area contributed by atoms with Gasteiger partial charge in [-0.3, -0.25) is 0 Å². The van der Waals surface area contributed by atoms with Gasteiger partial charge in [0.1, 0.15) is 5.75 Å². The number of halogens is 2. The van der Waals surface area contributed by atoms with Crippen LogP contribution in [0.1, 0.15) is 31.0 Å². The van der Waals surface area contributed by atoms with E-state index in [0.717, 1.165) is 10.5 Å². The first-order chi connectivity index (χ1) is 14.8. The van der Waals surface area contributed by atoms with Crippen molar-refractivity contribution in [2.75, 3.05) is 7.11 Å². The Balaban J connectivity index is 1.94. The smallest absolute Gasteiger partial charge is 0.335 e. The summed E-state index contributed by atoms with van der Waals surface area (Å²) in [4.78, 5) is 19.9. The molecule has 1 atom stereocenters. The molecule has 0 aliphatic carbocycles. The highest BCUT2D eigenvalue weighted by atomic mass is 35.5. The summed E-state index contributed by atoms with van der Waals surface area (Å²) in [5, 5.41) is 11.9. The Kier molecular flexibility index (Phi) is 6.06. The van der Waals surface area contributed by atoms with E-state index in [0.29, 0.717) is 32.2 Å². The number of amidine groups is 1. The first kappa shape index (κ1) is 21.8. The Morgan fingerprint density at radius 3 is 2.45 bits per heavy atom. The Morgan fingerprint density at radius 1 is 1.16 bits per heavy atom. The number of methoxy groups -OCH3 is 1. The largest absolute Gasteiger partial charge is 0.496 e. The van der Waals surface area contributed by atoms with Crippen molar-refractivity contribution in [3.8, 4) is 5.75 Å². The minimum atomic E-state index is -1.01. The number of allylic oxidation sites excluding steroid dienone is 1. The number of aliphatic imine (C=N–C) groups is 1. The second-order valence-corrected chi connectivity index (χ2v) is 9.22. The molecule has 2 aromatic rings. The van der Waals surface area contributed by atoms with Crippen LogP contribution in [0.4, 0.5) is 0 Å². The third kappa shape index (κ3) is 3.84. The molecule has 8 heteroatoms. The topological polar surface area (TPSA) is 62.1 Å². The number of hydrogen-bond acceptors (Lipinski definition) is 5. The van der Waals surface area contributed by atoms with E-state index < -0.39 is 12.0 Å². The van der Waals surface area contributed by atoms with Crippen LogP contribution in [0.25, 0.3) is 4.91 Å². The second kappa shape index (κ2) is 8.61. The second-order valence-electron chi connectivity index (χ2n) is 7.40. The van der Waals surface area contributed by atoms with Crippen LogP contribution in [0.5, 0.6) is 5.75 Å². The minimum Gasteiger partial charge on any atom is -0.496 e. The van der Waals surface area contributed by atoms with Gasteiger partial charge in [-0.05, 0) is 35.9 Å². The SMILES string of the molecule is COc1ccccc1C1C(C(=O)O)=C(C(C)C)N=C2SC(c3c(Cl)cccc3Cl)=CN21. The van der Waals surface area contributed by atoms with Crippen molar-refractivity contribution in [1.82, 2.24) is 4.90 Å². The van der Waals surface area contributed by atoms with Gasteiger partial charge in [0.2, 0.25) is 0 Å². The van der Waals surface area contributed by atoms with Crippen LogP contribution in [-0.4, -0.2) is 28.3 Å². The molecule has 0 bridgehead atoms. The van der Waals surface area contributed by atoms with Gasteiger partial charge in [0.05, 0.1) is 34.5 Å². The molecule has 2 heterocycles. The van der Waals surface area contributed by atoms with Crippen molar-refractivity contribution < 1.29 is 14.6 Å². The minimum absolute atomic E-state index is 0.0773. The predicted octanol–water partition coefficient (Wildman–Crippen LogP) is 6.45. The number of thioether (sulfide) groups is 1. The van der Waals surface area contributed by atoms with E-state index in [9.17, 15) is 9.90 Å². The van der Waals surface area contributed by atoms with Crippen LogP contribution in [-0.2, 0) is 4.79 Å². The molecule has 0 radical (unpaired) electrons. The van der Waals surface area contributed by atoms with Gasteiger partial charge in [-0.2, -0.15) is 0 Å². The molecule has 4 rings (SSSR count). The lowest BCUT2D eigenvalue weighted by Crippen LogP contribution is -2.34. The Bertz CT molecular complexity index is 1140. The molecule has 0 spiro atoms. The molecule has 0 amide bonds. The van der Waals surface area contributed by atoms with Crippen molar-refractivity contribution in [2.24, 2.45) is 10.9 Å². The fourth-order valence-corrected chi connectivity index (χ4v) is 5.59. The van der Waals surface area contributed by atoms with E-state index in [-0.39, 0.29) is 11.5 Å². The van der Waals surface area contributed by atoms with E-state index in [2.05, 4.69) is 0 Å². The average molecular weight is 475 g/mol. The van der Waals surface area contributed by atoms with Crippen molar-refractivity contribution in [2.45, 2.75) is 19.9 Å². The average Bonchev–Trinajstić information content (AvgIpc) is 3.15. The zero-order valence-electron chi connectivity index (χ0n) is 17.1. The maximum Gasteiger partial charge on any atom is 0.335 e. The number of nitrogens with zero attached hydrogens (tertiary/aromatic N) is 2. The predicted molar refractivity (Wildman–Crippen MR) is 127 cm³/mol. The normalized spacial score (nSPS) is 18.1. The molecule has 0 fully saturated rings. The van der Waals surface area contributed by atoms with Crippen LogP contribution in [0, 0.1) is 5.92 Å².